The zero-order valence-corrected chi connectivity index (χ0v) is 19.7. The Morgan fingerprint density at radius 1 is 0.853 bits per heavy atom. The van der Waals surface area contributed by atoms with Crippen LogP contribution in [0.3, 0.4) is 0 Å². The fourth-order valence-corrected chi connectivity index (χ4v) is 6.56. The highest BCUT2D eigenvalue weighted by Gasteiger charge is 2.42. The number of amides is 2. The molecule has 6 heteroatoms. The summed E-state index contributed by atoms with van der Waals surface area (Å²) in [6.07, 6.45) is 10.5. The molecule has 3 aliphatic rings. The van der Waals surface area contributed by atoms with E-state index in [9.17, 15) is 13.6 Å². The standard InChI is InChI=1S/C28H35F2N3O/c29-22-7-5-19(6-8-22)15-20-16-25-13-14-26(17-20)33(25)18-21-3-1-2-4-27(21)32-28(34)31-24-11-9-23(30)10-12-24/h5-12,20-21,25-27H,1-4,13-18H2,(H2,31,32,34)/t20?,21-,25?,26?,27-/m1/s1. The lowest BCUT2D eigenvalue weighted by Crippen LogP contribution is -2.51. The number of nitrogens with one attached hydrogen (secondary N) is 2. The van der Waals surface area contributed by atoms with E-state index in [-0.39, 0.29) is 23.7 Å². The fourth-order valence-electron chi connectivity index (χ4n) is 6.56. The Hall–Kier alpha value is -2.47. The van der Waals surface area contributed by atoms with E-state index in [0.717, 1.165) is 32.2 Å². The van der Waals surface area contributed by atoms with Crippen molar-refractivity contribution in [1.82, 2.24) is 10.2 Å². The van der Waals surface area contributed by atoms with Gasteiger partial charge in [0.05, 0.1) is 0 Å². The van der Waals surface area contributed by atoms with Crippen LogP contribution in [-0.4, -0.2) is 35.6 Å². The highest BCUT2D eigenvalue weighted by molar-refractivity contribution is 5.89. The maximum Gasteiger partial charge on any atom is 0.319 e. The van der Waals surface area contributed by atoms with Gasteiger partial charge >= 0.3 is 6.03 Å². The topological polar surface area (TPSA) is 44.4 Å². The smallest absolute Gasteiger partial charge is 0.319 e. The Kier molecular flexibility index (Phi) is 7.14. The Morgan fingerprint density at radius 3 is 2.15 bits per heavy atom. The molecule has 3 fully saturated rings. The van der Waals surface area contributed by atoms with Gasteiger partial charge in [0.2, 0.25) is 0 Å². The maximum atomic E-state index is 13.3. The average Bonchev–Trinajstić information content (AvgIpc) is 3.05. The molecular formula is C28H35F2N3O. The van der Waals surface area contributed by atoms with Crippen LogP contribution in [0.4, 0.5) is 19.3 Å². The summed E-state index contributed by atoms with van der Waals surface area (Å²) < 4.78 is 26.4. The van der Waals surface area contributed by atoms with Crippen LogP contribution >= 0.6 is 0 Å². The monoisotopic (exact) mass is 467 g/mol. The van der Waals surface area contributed by atoms with Crippen LogP contribution in [-0.2, 0) is 6.42 Å². The van der Waals surface area contributed by atoms with E-state index in [0.29, 0.717) is 29.6 Å². The van der Waals surface area contributed by atoms with E-state index < -0.39 is 0 Å². The molecule has 2 bridgehead atoms. The molecule has 0 radical (unpaired) electrons. The van der Waals surface area contributed by atoms with Crippen LogP contribution in [0.2, 0.25) is 0 Å². The summed E-state index contributed by atoms with van der Waals surface area (Å²) in [5, 5.41) is 6.07. The predicted octanol–water partition coefficient (Wildman–Crippen LogP) is 6.13. The Labute approximate surface area is 201 Å². The second-order valence-electron chi connectivity index (χ2n) is 10.5. The van der Waals surface area contributed by atoms with Gasteiger partial charge in [-0.25, -0.2) is 13.6 Å². The van der Waals surface area contributed by atoms with Crippen molar-refractivity contribution in [2.45, 2.75) is 75.9 Å². The number of hydrogen-bond acceptors (Lipinski definition) is 2. The van der Waals surface area contributed by atoms with Crippen LogP contribution in [0.15, 0.2) is 48.5 Å². The SMILES string of the molecule is O=C(Nc1ccc(F)cc1)N[C@@H]1CCCC[C@@H]1CN1C2CCC1CC(Cc1ccc(F)cc1)C2. The van der Waals surface area contributed by atoms with Gasteiger partial charge in [-0.3, -0.25) is 4.90 Å². The number of nitrogens with zero attached hydrogens (tertiary/aromatic N) is 1. The van der Waals surface area contributed by atoms with E-state index in [2.05, 4.69) is 15.5 Å². The van der Waals surface area contributed by atoms with Crippen molar-refractivity contribution in [2.75, 3.05) is 11.9 Å². The lowest BCUT2D eigenvalue weighted by molar-refractivity contribution is 0.0698. The van der Waals surface area contributed by atoms with E-state index in [1.807, 2.05) is 12.1 Å². The molecule has 5 rings (SSSR count). The van der Waals surface area contributed by atoms with Crippen LogP contribution < -0.4 is 10.6 Å². The van der Waals surface area contributed by atoms with Crippen molar-refractivity contribution in [3.63, 3.8) is 0 Å². The molecule has 2 aliphatic heterocycles. The van der Waals surface area contributed by atoms with Crippen molar-refractivity contribution in [2.24, 2.45) is 11.8 Å². The number of hydrogen-bond donors (Lipinski definition) is 2. The molecule has 0 spiro atoms. The number of carbonyl (C=O) groups is 1. The van der Waals surface area contributed by atoms with E-state index in [4.69, 9.17) is 0 Å². The van der Waals surface area contributed by atoms with Crippen LogP contribution in [0.25, 0.3) is 0 Å². The molecule has 2 aromatic carbocycles. The molecular weight excluding hydrogens is 432 g/mol. The normalized spacial score (nSPS) is 29.1. The third-order valence-corrected chi connectivity index (χ3v) is 8.19. The lowest BCUT2D eigenvalue weighted by Gasteiger charge is -2.43. The molecule has 1 saturated carbocycles. The van der Waals surface area contributed by atoms with Crippen molar-refractivity contribution in [3.8, 4) is 0 Å². The van der Waals surface area contributed by atoms with Gasteiger partial charge in [0.25, 0.3) is 0 Å². The molecule has 2 saturated heterocycles. The number of carbonyl (C=O) groups excluding carboxylic acids is 1. The predicted molar refractivity (Wildman–Crippen MR) is 131 cm³/mol. The van der Waals surface area contributed by atoms with Crippen LogP contribution in [0, 0.1) is 23.5 Å². The lowest BCUT2D eigenvalue weighted by atomic mass is 9.81. The first-order valence-electron chi connectivity index (χ1n) is 12.9. The Morgan fingerprint density at radius 2 is 1.47 bits per heavy atom. The minimum Gasteiger partial charge on any atom is -0.335 e. The van der Waals surface area contributed by atoms with Crippen molar-refractivity contribution in [1.29, 1.82) is 0 Å². The van der Waals surface area contributed by atoms with Gasteiger partial charge < -0.3 is 10.6 Å². The summed E-state index contributed by atoms with van der Waals surface area (Å²) in [4.78, 5) is 15.4. The van der Waals surface area contributed by atoms with Crippen LogP contribution in [0.5, 0.6) is 0 Å². The van der Waals surface area contributed by atoms with Crippen molar-refractivity contribution >= 4 is 11.7 Å². The van der Waals surface area contributed by atoms with Gasteiger partial charge in [-0.15, -0.1) is 0 Å². The van der Waals surface area contributed by atoms with E-state index in [1.54, 1.807) is 24.3 Å². The third kappa shape index (κ3) is 5.60. The zero-order chi connectivity index (χ0) is 23.5. The third-order valence-electron chi connectivity index (χ3n) is 8.19. The van der Waals surface area contributed by atoms with E-state index >= 15 is 0 Å². The molecule has 2 heterocycles. The minimum atomic E-state index is -0.311. The second kappa shape index (κ2) is 10.4. The molecule has 0 aromatic heterocycles. The first-order valence-corrected chi connectivity index (χ1v) is 12.9. The number of anilines is 1. The first-order chi connectivity index (χ1) is 16.5. The Balaban J connectivity index is 1.16. The number of benzene rings is 2. The summed E-state index contributed by atoms with van der Waals surface area (Å²) >= 11 is 0. The fraction of sp³-hybridized carbons (Fsp3) is 0.536. The molecule has 1 aliphatic carbocycles. The molecule has 4 nitrogen and oxygen atoms in total. The van der Waals surface area contributed by atoms with Gasteiger partial charge in [0.1, 0.15) is 11.6 Å². The first kappa shape index (κ1) is 23.3. The summed E-state index contributed by atoms with van der Waals surface area (Å²) in [6, 6.07) is 14.1. The molecule has 182 valence electrons. The van der Waals surface area contributed by atoms with Gasteiger partial charge in [-0.2, -0.15) is 0 Å². The van der Waals surface area contributed by atoms with Gasteiger partial charge in [0, 0.05) is 30.4 Å². The highest BCUT2D eigenvalue weighted by Crippen LogP contribution is 2.41. The maximum absolute atomic E-state index is 13.3. The second-order valence-corrected chi connectivity index (χ2v) is 10.5. The quantitative estimate of drug-likeness (QED) is 0.537. The molecule has 2 unspecified atom stereocenters. The zero-order valence-electron chi connectivity index (χ0n) is 19.7. The number of halogens is 2. The molecule has 34 heavy (non-hydrogen) atoms. The van der Waals surface area contributed by atoms with Gasteiger partial charge in [-0.1, -0.05) is 25.0 Å². The van der Waals surface area contributed by atoms with Gasteiger partial charge in [-0.05, 0) is 98.7 Å². The minimum absolute atomic E-state index is 0.166. The van der Waals surface area contributed by atoms with E-state index in [1.165, 1.54) is 49.8 Å². The average molecular weight is 468 g/mol. The number of piperidine rings is 1. The van der Waals surface area contributed by atoms with Crippen molar-refractivity contribution in [3.05, 3.63) is 65.7 Å². The Bertz CT molecular complexity index is 951. The molecule has 4 atom stereocenters. The summed E-state index contributed by atoms with van der Waals surface area (Å²) in [5.74, 6) is 0.653. The summed E-state index contributed by atoms with van der Waals surface area (Å²) in [7, 11) is 0. The number of rotatable bonds is 6. The molecule has 2 amide bonds. The highest BCUT2D eigenvalue weighted by atomic mass is 19.1. The molecule has 2 aromatic rings. The number of urea groups is 1. The summed E-state index contributed by atoms with van der Waals surface area (Å²) in [5.41, 5.74) is 1.84. The number of fused-ring (bicyclic) bond motifs is 2. The largest absolute Gasteiger partial charge is 0.335 e. The summed E-state index contributed by atoms with van der Waals surface area (Å²) in [6.45, 7) is 1.06. The van der Waals surface area contributed by atoms with Crippen molar-refractivity contribution < 1.29 is 13.6 Å². The van der Waals surface area contributed by atoms with Crippen LogP contribution in [0.1, 0.15) is 56.9 Å². The molecule has 2 N–H and O–H groups in total. The van der Waals surface area contributed by atoms with Gasteiger partial charge in [0.15, 0.2) is 0 Å².